The third kappa shape index (κ3) is 3.73. The molecule has 3 rings (SSSR count). The number of fused-ring (bicyclic) bond motifs is 1. The zero-order chi connectivity index (χ0) is 21.6. The van der Waals surface area contributed by atoms with E-state index in [1.807, 2.05) is 0 Å². The van der Waals surface area contributed by atoms with Gasteiger partial charge < -0.3 is 4.74 Å². The highest BCUT2D eigenvalue weighted by Gasteiger charge is 2.34. The second kappa shape index (κ2) is 7.60. The summed E-state index contributed by atoms with van der Waals surface area (Å²) in [5.74, 6) is -0.682. The smallest absolute Gasteiger partial charge is 0.337 e. The summed E-state index contributed by atoms with van der Waals surface area (Å²) in [4.78, 5) is 11.6. The molecule has 0 unspecified atom stereocenters. The molecule has 29 heavy (non-hydrogen) atoms. The van der Waals surface area contributed by atoms with Crippen LogP contribution in [-0.4, -0.2) is 54.9 Å². The van der Waals surface area contributed by atoms with Crippen LogP contribution in [0.2, 0.25) is 5.02 Å². The largest absolute Gasteiger partial charge is 0.465 e. The molecule has 0 aromatic heterocycles. The predicted octanol–water partition coefficient (Wildman–Crippen LogP) is 2.13. The van der Waals surface area contributed by atoms with Crippen molar-refractivity contribution in [1.29, 1.82) is 0 Å². The zero-order valence-corrected chi connectivity index (χ0v) is 18.3. The Labute approximate surface area is 174 Å². The minimum atomic E-state index is -4.08. The number of hydrogen-bond acceptors (Lipinski definition) is 6. The van der Waals surface area contributed by atoms with E-state index in [0.717, 1.165) is 8.61 Å². The summed E-state index contributed by atoms with van der Waals surface area (Å²) in [6.45, 7) is 0.127. The van der Waals surface area contributed by atoms with Gasteiger partial charge in [-0.25, -0.2) is 25.9 Å². The fraction of sp³-hybridized carbons (Fsp3) is 0.278. The topological polar surface area (TPSA) is 101 Å². The monoisotopic (exact) mass is 458 g/mol. The first kappa shape index (κ1) is 21.6. The number of halogens is 1. The molecule has 1 aliphatic heterocycles. The van der Waals surface area contributed by atoms with Gasteiger partial charge in [-0.2, -0.15) is 0 Å². The van der Waals surface area contributed by atoms with Crippen molar-refractivity contribution in [3.8, 4) is 0 Å². The molecule has 0 saturated carbocycles. The molecule has 11 heteroatoms. The maximum atomic E-state index is 13.2. The van der Waals surface area contributed by atoms with Gasteiger partial charge in [0.25, 0.3) is 10.0 Å². The maximum absolute atomic E-state index is 13.2. The van der Waals surface area contributed by atoms with E-state index < -0.39 is 26.0 Å². The molecular weight excluding hydrogens is 440 g/mol. The molecule has 0 saturated heterocycles. The highest BCUT2D eigenvalue weighted by molar-refractivity contribution is 7.93. The number of carbonyl (C=O) groups excluding carboxylic acids is 1. The van der Waals surface area contributed by atoms with E-state index in [4.69, 9.17) is 11.6 Å². The molecule has 1 heterocycles. The molecule has 1 aliphatic rings. The van der Waals surface area contributed by atoms with Gasteiger partial charge in [0.2, 0.25) is 10.0 Å². The number of sulfonamides is 2. The van der Waals surface area contributed by atoms with Crippen molar-refractivity contribution in [2.75, 3.05) is 32.1 Å². The number of esters is 1. The van der Waals surface area contributed by atoms with Crippen molar-refractivity contribution in [3.05, 3.63) is 52.5 Å². The minimum Gasteiger partial charge on any atom is -0.465 e. The fourth-order valence-corrected chi connectivity index (χ4v) is 5.99. The zero-order valence-electron chi connectivity index (χ0n) is 15.9. The number of nitrogens with zero attached hydrogens (tertiary/aromatic N) is 2. The molecule has 0 aliphatic carbocycles. The SMILES string of the molecule is COC(=O)c1ccc(Cl)c(S(=O)(=O)N2CCc3cc(S(=O)(=O)N(C)C)ccc32)c1. The summed E-state index contributed by atoms with van der Waals surface area (Å²) >= 11 is 6.11. The van der Waals surface area contributed by atoms with Crippen LogP contribution in [0.25, 0.3) is 0 Å². The number of rotatable bonds is 5. The Kier molecular flexibility index (Phi) is 5.65. The number of benzene rings is 2. The third-order valence-electron chi connectivity index (χ3n) is 4.60. The van der Waals surface area contributed by atoms with Crippen molar-refractivity contribution < 1.29 is 26.4 Å². The minimum absolute atomic E-state index is 0.0297. The number of hydrogen-bond donors (Lipinski definition) is 0. The average Bonchev–Trinajstić information content (AvgIpc) is 3.11. The number of methoxy groups -OCH3 is 1. The lowest BCUT2D eigenvalue weighted by molar-refractivity contribution is 0.0600. The first-order chi connectivity index (χ1) is 13.5. The third-order valence-corrected chi connectivity index (χ3v) is 8.71. The summed E-state index contributed by atoms with van der Waals surface area (Å²) in [6.07, 6.45) is 0.347. The highest BCUT2D eigenvalue weighted by Crippen LogP contribution is 2.36. The first-order valence-corrected chi connectivity index (χ1v) is 11.7. The second-order valence-corrected chi connectivity index (χ2v) is 10.9. The first-order valence-electron chi connectivity index (χ1n) is 8.46. The second-order valence-electron chi connectivity index (χ2n) is 6.54. The van der Waals surface area contributed by atoms with E-state index in [9.17, 15) is 21.6 Å². The quantitative estimate of drug-likeness (QED) is 0.636. The number of carbonyl (C=O) groups is 1. The summed E-state index contributed by atoms with van der Waals surface area (Å²) in [6, 6.07) is 8.19. The van der Waals surface area contributed by atoms with E-state index in [1.165, 1.54) is 57.6 Å². The molecule has 8 nitrogen and oxygen atoms in total. The van der Waals surface area contributed by atoms with Crippen LogP contribution in [-0.2, 0) is 31.2 Å². The van der Waals surface area contributed by atoms with Crippen molar-refractivity contribution in [3.63, 3.8) is 0 Å². The van der Waals surface area contributed by atoms with Gasteiger partial charge in [0.05, 0.1) is 28.3 Å². The summed E-state index contributed by atoms with van der Waals surface area (Å²) in [7, 11) is -3.67. The Bertz CT molecular complexity index is 1190. The molecule has 2 aromatic carbocycles. The van der Waals surface area contributed by atoms with Crippen LogP contribution in [0.15, 0.2) is 46.2 Å². The molecule has 0 spiro atoms. The van der Waals surface area contributed by atoms with E-state index in [1.54, 1.807) is 0 Å². The molecule has 0 fully saturated rings. The van der Waals surface area contributed by atoms with Crippen LogP contribution >= 0.6 is 11.6 Å². The molecule has 0 radical (unpaired) electrons. The highest BCUT2D eigenvalue weighted by atomic mass is 35.5. The van der Waals surface area contributed by atoms with E-state index in [2.05, 4.69) is 4.74 Å². The van der Waals surface area contributed by atoms with Gasteiger partial charge in [-0.05, 0) is 48.4 Å². The lowest BCUT2D eigenvalue weighted by Crippen LogP contribution is -2.29. The van der Waals surface area contributed by atoms with E-state index in [-0.39, 0.29) is 26.9 Å². The standard InChI is InChI=1S/C18H19ClN2O6S2/c1-20(2)28(23,24)14-5-7-16-12(10-14)8-9-21(16)29(25,26)17-11-13(18(22)27-3)4-6-15(17)19/h4-7,10-11H,8-9H2,1-3H3. The summed E-state index contributed by atoms with van der Waals surface area (Å²) in [5, 5.41) is -0.0297. The number of ether oxygens (including phenoxy) is 1. The predicted molar refractivity (Wildman–Crippen MR) is 108 cm³/mol. The maximum Gasteiger partial charge on any atom is 0.337 e. The van der Waals surface area contributed by atoms with Crippen molar-refractivity contribution in [2.45, 2.75) is 16.2 Å². The van der Waals surface area contributed by atoms with Crippen LogP contribution < -0.4 is 4.31 Å². The van der Waals surface area contributed by atoms with Gasteiger partial charge in [0.1, 0.15) is 4.90 Å². The van der Waals surface area contributed by atoms with Gasteiger partial charge in [-0.3, -0.25) is 4.31 Å². The molecule has 0 atom stereocenters. The average molecular weight is 459 g/mol. The molecular formula is C18H19ClN2O6S2. The number of anilines is 1. The van der Waals surface area contributed by atoms with Gasteiger partial charge in [-0.1, -0.05) is 11.6 Å². The van der Waals surface area contributed by atoms with Crippen LogP contribution in [0.4, 0.5) is 5.69 Å². The van der Waals surface area contributed by atoms with Crippen LogP contribution in [0, 0.1) is 0 Å². The van der Waals surface area contributed by atoms with Gasteiger partial charge >= 0.3 is 5.97 Å². The Balaban J connectivity index is 2.06. The summed E-state index contributed by atoms with van der Waals surface area (Å²) in [5.41, 5.74) is 1.03. The summed E-state index contributed by atoms with van der Waals surface area (Å²) < 4.78 is 58.0. The van der Waals surface area contributed by atoms with Gasteiger partial charge in [0, 0.05) is 20.6 Å². The Hall–Kier alpha value is -2.14. The molecule has 156 valence electrons. The Morgan fingerprint density at radius 1 is 1.10 bits per heavy atom. The van der Waals surface area contributed by atoms with Gasteiger partial charge in [0.15, 0.2) is 0 Å². The lowest BCUT2D eigenvalue weighted by atomic mass is 10.2. The van der Waals surface area contributed by atoms with Crippen LogP contribution in [0.1, 0.15) is 15.9 Å². The normalized spacial score (nSPS) is 14.2. The Morgan fingerprint density at radius 2 is 1.79 bits per heavy atom. The van der Waals surface area contributed by atoms with Crippen molar-refractivity contribution in [2.24, 2.45) is 0 Å². The Morgan fingerprint density at radius 3 is 2.41 bits per heavy atom. The lowest BCUT2D eigenvalue weighted by Gasteiger charge is -2.21. The van der Waals surface area contributed by atoms with E-state index in [0.29, 0.717) is 17.7 Å². The van der Waals surface area contributed by atoms with Crippen molar-refractivity contribution >= 4 is 43.3 Å². The molecule has 0 bridgehead atoms. The van der Waals surface area contributed by atoms with Crippen LogP contribution in [0.3, 0.4) is 0 Å². The molecule has 2 aromatic rings. The van der Waals surface area contributed by atoms with E-state index >= 15 is 0 Å². The van der Waals surface area contributed by atoms with Gasteiger partial charge in [-0.15, -0.1) is 0 Å². The van der Waals surface area contributed by atoms with Crippen molar-refractivity contribution in [1.82, 2.24) is 4.31 Å². The molecule has 0 amide bonds. The fourth-order valence-electron chi connectivity index (χ4n) is 3.03. The molecule has 0 N–H and O–H groups in total. The van der Waals surface area contributed by atoms with Crippen LogP contribution in [0.5, 0.6) is 0 Å².